The van der Waals surface area contributed by atoms with Gasteiger partial charge in [-0.15, -0.1) is 0 Å². The first kappa shape index (κ1) is 36.0. The number of ketones is 2. The highest BCUT2D eigenvalue weighted by Gasteiger charge is 2.24. The third kappa shape index (κ3) is 6.60. The van der Waals surface area contributed by atoms with Gasteiger partial charge in [-0.05, 0) is 54.3 Å². The van der Waals surface area contributed by atoms with Gasteiger partial charge in [0.25, 0.3) is 0 Å². The topological polar surface area (TPSA) is 65.7 Å². The lowest BCUT2D eigenvalue weighted by molar-refractivity contribution is 0.0365. The molecule has 0 bridgehead atoms. The smallest absolute Gasteiger partial charge is 0.196 e. The molecule has 1 aliphatic rings. The number of fused-ring (bicyclic) bond motifs is 4. The maximum Gasteiger partial charge on any atom is 0.196 e. The Morgan fingerprint density at radius 2 is 1.13 bits per heavy atom. The van der Waals surface area contributed by atoms with Gasteiger partial charge in [0.05, 0.1) is 31.5 Å². The molecule has 0 spiro atoms. The number of methoxy groups -OCH3 is 1. The van der Waals surface area contributed by atoms with Crippen LogP contribution in [0.1, 0.15) is 43.2 Å². The van der Waals surface area contributed by atoms with Crippen LogP contribution in [0.2, 0.25) is 0 Å². The Morgan fingerprint density at radius 1 is 0.582 bits per heavy atom. The molecule has 276 valence electrons. The fraction of sp³-hybridized carbons (Fsp3) is 0.208. The first-order valence-electron chi connectivity index (χ1n) is 18.9. The Balaban J connectivity index is 0.000000164. The zero-order valence-electron chi connectivity index (χ0n) is 31.8. The Hall–Kier alpha value is -6.02. The van der Waals surface area contributed by atoms with Crippen LogP contribution < -0.4 is 4.74 Å². The minimum Gasteiger partial charge on any atom is -0.496 e. The normalized spacial score (nSPS) is 13.3. The van der Waals surface area contributed by atoms with Crippen molar-refractivity contribution < 1.29 is 19.1 Å². The van der Waals surface area contributed by atoms with E-state index in [2.05, 4.69) is 39.2 Å². The van der Waals surface area contributed by atoms with Crippen LogP contribution in [-0.4, -0.2) is 65.6 Å². The first-order valence-corrected chi connectivity index (χ1v) is 18.9. The Morgan fingerprint density at radius 3 is 1.84 bits per heavy atom. The zero-order chi connectivity index (χ0) is 38.1. The zero-order valence-corrected chi connectivity index (χ0v) is 31.8. The molecule has 1 saturated heterocycles. The van der Waals surface area contributed by atoms with Crippen molar-refractivity contribution in [2.45, 2.75) is 20.4 Å². The lowest BCUT2D eigenvalue weighted by atomic mass is 9.95. The van der Waals surface area contributed by atoms with Gasteiger partial charge in [-0.25, -0.2) is 0 Å². The second-order valence-corrected chi connectivity index (χ2v) is 14.2. The van der Waals surface area contributed by atoms with Crippen LogP contribution in [0, 0.1) is 13.8 Å². The van der Waals surface area contributed by atoms with Gasteiger partial charge in [-0.1, -0.05) is 103 Å². The molecule has 0 aliphatic carbocycles. The molecule has 0 atom stereocenters. The number of hydrogen-bond donors (Lipinski definition) is 0. The number of morpholine rings is 1. The van der Waals surface area contributed by atoms with Crippen LogP contribution in [0.15, 0.2) is 127 Å². The molecular formula is C48H45N3O4. The summed E-state index contributed by atoms with van der Waals surface area (Å²) in [7, 11) is 3.67. The number of benzene rings is 6. The number of carbonyl (C=O) groups excluding carboxylic acids is 2. The van der Waals surface area contributed by atoms with Crippen LogP contribution >= 0.6 is 0 Å². The van der Waals surface area contributed by atoms with E-state index in [4.69, 9.17) is 9.47 Å². The van der Waals surface area contributed by atoms with Crippen LogP contribution in [0.4, 0.5) is 0 Å². The van der Waals surface area contributed by atoms with Gasteiger partial charge in [0.2, 0.25) is 0 Å². The molecule has 2 aromatic heterocycles. The average molecular weight is 728 g/mol. The van der Waals surface area contributed by atoms with Gasteiger partial charge >= 0.3 is 0 Å². The van der Waals surface area contributed by atoms with E-state index in [1.54, 1.807) is 7.11 Å². The van der Waals surface area contributed by atoms with Gasteiger partial charge in [0, 0.05) is 82.9 Å². The molecule has 55 heavy (non-hydrogen) atoms. The number of nitrogens with zero attached hydrogens (tertiary/aromatic N) is 3. The van der Waals surface area contributed by atoms with Crippen molar-refractivity contribution in [3.05, 3.63) is 161 Å². The lowest BCUT2D eigenvalue weighted by Crippen LogP contribution is -2.38. The first-order chi connectivity index (χ1) is 26.9. The number of rotatable bonds is 8. The summed E-state index contributed by atoms with van der Waals surface area (Å²) in [4.78, 5) is 29.7. The second-order valence-electron chi connectivity index (χ2n) is 14.2. The van der Waals surface area contributed by atoms with Crippen molar-refractivity contribution in [1.82, 2.24) is 14.0 Å². The van der Waals surface area contributed by atoms with Crippen molar-refractivity contribution >= 4 is 54.9 Å². The summed E-state index contributed by atoms with van der Waals surface area (Å²) in [5.74, 6) is 0.931. The third-order valence-corrected chi connectivity index (χ3v) is 11.2. The van der Waals surface area contributed by atoms with E-state index in [-0.39, 0.29) is 11.6 Å². The average Bonchev–Trinajstić information content (AvgIpc) is 3.67. The molecule has 0 saturated carbocycles. The van der Waals surface area contributed by atoms with E-state index in [0.717, 1.165) is 117 Å². The van der Waals surface area contributed by atoms with E-state index >= 15 is 0 Å². The number of para-hydroxylation sites is 2. The molecule has 0 radical (unpaired) electrons. The number of hydrogen-bond acceptors (Lipinski definition) is 5. The minimum atomic E-state index is 0.0580. The molecule has 0 unspecified atom stereocenters. The van der Waals surface area contributed by atoms with Crippen LogP contribution in [0.3, 0.4) is 0 Å². The summed E-state index contributed by atoms with van der Waals surface area (Å²) >= 11 is 0. The van der Waals surface area contributed by atoms with E-state index < -0.39 is 0 Å². The molecule has 8 aromatic rings. The summed E-state index contributed by atoms with van der Waals surface area (Å²) < 4.78 is 15.4. The van der Waals surface area contributed by atoms with Crippen molar-refractivity contribution in [2.75, 3.05) is 40.0 Å². The third-order valence-electron chi connectivity index (χ3n) is 11.2. The van der Waals surface area contributed by atoms with Crippen molar-refractivity contribution in [2.24, 2.45) is 7.05 Å². The van der Waals surface area contributed by atoms with E-state index in [9.17, 15) is 9.59 Å². The predicted octanol–water partition coefficient (Wildman–Crippen LogP) is 9.55. The fourth-order valence-electron chi connectivity index (χ4n) is 8.22. The van der Waals surface area contributed by atoms with Gasteiger partial charge < -0.3 is 18.6 Å². The highest BCUT2D eigenvalue weighted by molar-refractivity contribution is 6.23. The predicted molar refractivity (Wildman–Crippen MR) is 223 cm³/mol. The molecule has 0 N–H and O–H groups in total. The standard InChI is InChI=1S/C27H28N2O3.C21H17NO/c1-19-26(27(30)22-11-12-25(31-2)21-8-4-3-7-20(21)22)23-9-5-6-10-24(23)29(19)14-13-28-15-17-32-18-16-28;1-14-20(18-11-5-6-13-19(18)22(14)2)21(23)17-12-7-9-15-8-3-4-10-16(15)17/h3-12H,13-18H2,1-2H3;3-13H,1-2H3. The van der Waals surface area contributed by atoms with Crippen molar-refractivity contribution in [3.63, 3.8) is 0 Å². The van der Waals surface area contributed by atoms with Crippen molar-refractivity contribution in [1.29, 1.82) is 0 Å². The molecule has 0 amide bonds. The lowest BCUT2D eigenvalue weighted by Gasteiger charge is -2.27. The fourth-order valence-corrected chi connectivity index (χ4v) is 8.22. The van der Waals surface area contributed by atoms with Gasteiger partial charge in [-0.3, -0.25) is 14.5 Å². The Labute approximate surface area is 321 Å². The minimum absolute atomic E-state index is 0.0580. The Kier molecular flexibility index (Phi) is 10.1. The van der Waals surface area contributed by atoms with Crippen LogP contribution in [0.25, 0.3) is 43.4 Å². The molecular weight excluding hydrogens is 683 g/mol. The SMILES string of the molecule is COc1ccc(C(=O)c2c(C)n(CCN3CCOCC3)c3ccccc23)c2ccccc12.Cc1c(C(=O)c2cccc3ccccc23)c2ccccc2n1C. The molecule has 9 rings (SSSR count). The van der Waals surface area contributed by atoms with Crippen molar-refractivity contribution in [3.8, 4) is 5.75 Å². The summed E-state index contributed by atoms with van der Waals surface area (Å²) in [6.45, 7) is 9.38. The summed E-state index contributed by atoms with van der Waals surface area (Å²) in [5.41, 5.74) is 7.29. The molecule has 6 aromatic carbocycles. The van der Waals surface area contributed by atoms with E-state index in [1.807, 2.05) is 123 Å². The molecule has 7 nitrogen and oxygen atoms in total. The van der Waals surface area contributed by atoms with Gasteiger partial charge in [0.1, 0.15) is 5.75 Å². The number of aromatic nitrogens is 2. The van der Waals surface area contributed by atoms with Gasteiger partial charge in [-0.2, -0.15) is 0 Å². The second kappa shape index (κ2) is 15.4. The molecule has 3 heterocycles. The molecule has 1 aliphatic heterocycles. The summed E-state index contributed by atoms with van der Waals surface area (Å²) in [6.07, 6.45) is 0. The Bertz CT molecular complexity index is 2710. The van der Waals surface area contributed by atoms with Crippen LogP contribution in [0.5, 0.6) is 5.75 Å². The maximum absolute atomic E-state index is 13.9. The molecule has 7 heteroatoms. The number of ether oxygens (including phenoxy) is 2. The highest BCUT2D eigenvalue weighted by Crippen LogP contribution is 2.34. The van der Waals surface area contributed by atoms with E-state index in [0.29, 0.717) is 5.56 Å². The highest BCUT2D eigenvalue weighted by atomic mass is 16.5. The van der Waals surface area contributed by atoms with Gasteiger partial charge in [0.15, 0.2) is 11.6 Å². The number of carbonyl (C=O) groups is 2. The largest absolute Gasteiger partial charge is 0.496 e. The summed E-state index contributed by atoms with van der Waals surface area (Å²) in [6, 6.07) is 42.0. The quantitative estimate of drug-likeness (QED) is 0.146. The molecule has 1 fully saturated rings. The van der Waals surface area contributed by atoms with E-state index in [1.165, 1.54) is 0 Å². The monoisotopic (exact) mass is 727 g/mol. The number of aryl methyl sites for hydroxylation is 1. The summed E-state index contributed by atoms with van der Waals surface area (Å²) in [5, 5.41) is 6.00. The maximum atomic E-state index is 13.9. The van der Waals surface area contributed by atoms with Crippen LogP contribution in [-0.2, 0) is 18.3 Å².